The molecule has 0 spiro atoms. The van der Waals surface area contributed by atoms with Crippen molar-refractivity contribution in [2.24, 2.45) is 4.99 Å². The van der Waals surface area contributed by atoms with Crippen LogP contribution in [0.25, 0.3) is 50.2 Å². The molecule has 2 aliphatic rings. The van der Waals surface area contributed by atoms with E-state index in [0.717, 1.165) is 48.4 Å². The molecule has 1 aliphatic heterocycles. The molecule has 0 atom stereocenters. The topological polar surface area (TPSA) is 21.6 Å². The van der Waals surface area contributed by atoms with Crippen LogP contribution in [0.3, 0.4) is 0 Å². The molecule has 45 heavy (non-hydrogen) atoms. The molecule has 0 saturated heterocycles. The van der Waals surface area contributed by atoms with Gasteiger partial charge in [0, 0.05) is 17.7 Å². The van der Waals surface area contributed by atoms with E-state index in [9.17, 15) is 0 Å². The van der Waals surface area contributed by atoms with Crippen LogP contribution in [0, 0.1) is 6.92 Å². The summed E-state index contributed by atoms with van der Waals surface area (Å²) in [5, 5.41) is 2.55. The van der Waals surface area contributed by atoms with E-state index >= 15 is 0 Å². The van der Waals surface area contributed by atoms with Gasteiger partial charge in [-0.15, -0.1) is 0 Å². The number of allylic oxidation sites excluding steroid dienone is 1. The average Bonchev–Trinajstić information content (AvgIpc) is 3.53. The number of rotatable bonds is 6. The third kappa shape index (κ3) is 4.87. The van der Waals surface area contributed by atoms with Crippen LogP contribution >= 0.6 is 0 Å². The van der Waals surface area contributed by atoms with E-state index in [4.69, 9.17) is 9.73 Å². The van der Waals surface area contributed by atoms with Crippen LogP contribution in [-0.4, -0.2) is 5.71 Å². The van der Waals surface area contributed by atoms with E-state index in [1.165, 1.54) is 66.6 Å². The molecule has 6 aromatic rings. The Morgan fingerprint density at radius 1 is 0.644 bits per heavy atom. The van der Waals surface area contributed by atoms with Crippen LogP contribution in [0.1, 0.15) is 42.0 Å². The van der Waals surface area contributed by atoms with Gasteiger partial charge in [-0.25, -0.2) is 0 Å². The summed E-state index contributed by atoms with van der Waals surface area (Å²) in [7, 11) is 0. The first-order valence-corrected chi connectivity index (χ1v) is 16.0. The molecule has 1 heterocycles. The summed E-state index contributed by atoms with van der Waals surface area (Å²) < 4.78 is 6.72. The molecule has 1 aliphatic carbocycles. The lowest BCUT2D eigenvalue weighted by Gasteiger charge is -2.24. The van der Waals surface area contributed by atoms with Crippen molar-refractivity contribution in [3.63, 3.8) is 0 Å². The fourth-order valence-electron chi connectivity index (χ4n) is 7.04. The fourth-order valence-corrected chi connectivity index (χ4v) is 7.04. The molecule has 0 bridgehead atoms. The fraction of sp³-hybridized carbons (Fsp3) is 0.140. The molecule has 0 N–H and O–H groups in total. The van der Waals surface area contributed by atoms with Crippen LogP contribution in [0.15, 0.2) is 126 Å². The molecular weight excluding hydrogens is 546 g/mol. The minimum absolute atomic E-state index is 0.859. The summed E-state index contributed by atoms with van der Waals surface area (Å²) in [6.45, 7) is 4.31. The zero-order valence-corrected chi connectivity index (χ0v) is 25.8. The van der Waals surface area contributed by atoms with Crippen LogP contribution < -0.4 is 4.74 Å². The zero-order chi connectivity index (χ0) is 30.3. The quantitative estimate of drug-likeness (QED) is 0.192. The maximum absolute atomic E-state index is 6.72. The Hall–Kier alpha value is -5.21. The van der Waals surface area contributed by atoms with Gasteiger partial charge >= 0.3 is 0 Å². The predicted molar refractivity (Wildman–Crippen MR) is 190 cm³/mol. The number of aliphatic imine (C=N–C) groups is 1. The number of hydrogen-bond donors (Lipinski definition) is 0. The van der Waals surface area contributed by atoms with Gasteiger partial charge in [0.2, 0.25) is 0 Å². The van der Waals surface area contributed by atoms with Crippen molar-refractivity contribution in [1.82, 2.24) is 0 Å². The van der Waals surface area contributed by atoms with Gasteiger partial charge in [-0.05, 0) is 111 Å². The average molecular weight is 582 g/mol. The number of aryl methyl sites for hydroxylation is 1. The Balaban J connectivity index is 1.28. The summed E-state index contributed by atoms with van der Waals surface area (Å²) in [5.41, 5.74) is 14.8. The summed E-state index contributed by atoms with van der Waals surface area (Å²) in [5.74, 6) is 1.80. The lowest BCUT2D eigenvalue weighted by molar-refractivity contribution is 0.475. The Morgan fingerprint density at radius 3 is 2.22 bits per heavy atom. The zero-order valence-electron chi connectivity index (χ0n) is 25.8. The Morgan fingerprint density at radius 2 is 1.38 bits per heavy atom. The number of benzene rings is 6. The lowest BCUT2D eigenvalue weighted by Crippen LogP contribution is -2.03. The smallest absolute Gasteiger partial charge is 0.133 e. The van der Waals surface area contributed by atoms with Crippen molar-refractivity contribution in [2.75, 3.05) is 0 Å². The largest absolute Gasteiger partial charge is 0.457 e. The summed E-state index contributed by atoms with van der Waals surface area (Å²) in [6, 6.07) is 41.6. The minimum atomic E-state index is 0.859. The molecule has 2 nitrogen and oxygen atoms in total. The monoisotopic (exact) mass is 581 g/mol. The summed E-state index contributed by atoms with van der Waals surface area (Å²) >= 11 is 0. The van der Waals surface area contributed by atoms with Crippen molar-refractivity contribution < 1.29 is 4.74 Å². The third-order valence-corrected chi connectivity index (χ3v) is 9.34. The molecule has 0 radical (unpaired) electrons. The van der Waals surface area contributed by atoms with Gasteiger partial charge < -0.3 is 4.74 Å². The van der Waals surface area contributed by atoms with Crippen molar-refractivity contribution >= 4 is 28.2 Å². The van der Waals surface area contributed by atoms with Gasteiger partial charge in [0.15, 0.2) is 0 Å². The molecule has 0 fully saturated rings. The molecule has 218 valence electrons. The number of fused-ring (bicyclic) bond motifs is 3. The highest BCUT2D eigenvalue weighted by Gasteiger charge is 2.23. The Labute approximate surface area is 265 Å². The molecule has 2 heteroatoms. The van der Waals surface area contributed by atoms with E-state index in [0.29, 0.717) is 0 Å². The molecule has 0 aromatic heterocycles. The van der Waals surface area contributed by atoms with Gasteiger partial charge in [-0.1, -0.05) is 110 Å². The number of ether oxygens (including phenoxy) is 1. The normalized spacial score (nSPS) is 13.4. The molecule has 0 unspecified atom stereocenters. The van der Waals surface area contributed by atoms with E-state index in [1.807, 2.05) is 0 Å². The minimum Gasteiger partial charge on any atom is -0.457 e. The van der Waals surface area contributed by atoms with E-state index < -0.39 is 0 Å². The van der Waals surface area contributed by atoms with Crippen LogP contribution in [0.5, 0.6) is 11.5 Å². The van der Waals surface area contributed by atoms with Crippen LogP contribution in [0.4, 0.5) is 5.69 Å². The first-order chi connectivity index (χ1) is 22.2. The van der Waals surface area contributed by atoms with Crippen molar-refractivity contribution in [2.45, 2.75) is 39.5 Å². The van der Waals surface area contributed by atoms with E-state index in [-0.39, 0.29) is 0 Å². The highest BCUT2D eigenvalue weighted by Crippen LogP contribution is 2.46. The predicted octanol–water partition coefficient (Wildman–Crippen LogP) is 11.9. The standard InChI is InChI=1S/C43H35NO/c1-3-33-27-38-39(44-33)21-12-22-40(38)45-41-26-32(24-23-28(41)2)43-36-19-9-7-17-34(36)42(35-18-8-10-20-37(35)43)31-16-11-15-30(25-31)29-13-5-4-6-14-29/h4-9,11-19,21-26H,3,10,20,27H2,1-2H3. The summed E-state index contributed by atoms with van der Waals surface area (Å²) in [6.07, 6.45) is 8.54. The molecule has 0 amide bonds. The van der Waals surface area contributed by atoms with Gasteiger partial charge in [0.05, 0.1) is 5.69 Å². The second-order valence-corrected chi connectivity index (χ2v) is 12.1. The van der Waals surface area contributed by atoms with Crippen molar-refractivity contribution in [1.29, 1.82) is 0 Å². The highest BCUT2D eigenvalue weighted by atomic mass is 16.5. The second kappa shape index (κ2) is 11.4. The maximum atomic E-state index is 6.72. The third-order valence-electron chi connectivity index (χ3n) is 9.34. The lowest BCUT2D eigenvalue weighted by atomic mass is 9.80. The molecule has 6 aromatic carbocycles. The number of hydrogen-bond acceptors (Lipinski definition) is 2. The number of nitrogens with zero attached hydrogens (tertiary/aromatic N) is 1. The van der Waals surface area contributed by atoms with Gasteiger partial charge in [-0.2, -0.15) is 0 Å². The maximum Gasteiger partial charge on any atom is 0.133 e. The molecule has 8 rings (SSSR count). The van der Waals surface area contributed by atoms with Gasteiger partial charge in [0.1, 0.15) is 11.5 Å². The molecular formula is C43H35NO. The Kier molecular flexibility index (Phi) is 6.91. The first kappa shape index (κ1) is 27.3. The van der Waals surface area contributed by atoms with E-state index in [2.05, 4.69) is 141 Å². The van der Waals surface area contributed by atoms with Gasteiger partial charge in [-0.3, -0.25) is 4.99 Å². The van der Waals surface area contributed by atoms with Crippen molar-refractivity contribution in [3.8, 4) is 44.9 Å². The van der Waals surface area contributed by atoms with E-state index in [1.54, 1.807) is 0 Å². The van der Waals surface area contributed by atoms with Crippen LogP contribution in [-0.2, 0) is 12.8 Å². The first-order valence-electron chi connectivity index (χ1n) is 16.0. The molecule has 0 saturated carbocycles. The summed E-state index contributed by atoms with van der Waals surface area (Å²) in [4.78, 5) is 4.83. The second-order valence-electron chi connectivity index (χ2n) is 12.1. The van der Waals surface area contributed by atoms with Gasteiger partial charge in [0.25, 0.3) is 0 Å². The SMILES string of the molecule is CCC1=Nc2cccc(Oc3cc(-c4c5c(c(-c6cccc(-c7ccccc7)c6)c6ccccc46)C=CCC5)ccc3C)c2C1. The Bertz CT molecular complexity index is 2150. The highest BCUT2D eigenvalue weighted by molar-refractivity contribution is 6.10. The van der Waals surface area contributed by atoms with Crippen molar-refractivity contribution in [3.05, 3.63) is 144 Å². The van der Waals surface area contributed by atoms with Crippen LogP contribution in [0.2, 0.25) is 0 Å².